The highest BCUT2D eigenvalue weighted by atomic mass is 35.5. The van der Waals surface area contributed by atoms with Crippen molar-refractivity contribution >= 4 is 40.0 Å². The largest absolute Gasteiger partial charge is 0.352 e. The van der Waals surface area contributed by atoms with Crippen LogP contribution in [-0.2, 0) is 0 Å². The van der Waals surface area contributed by atoms with Crippen LogP contribution in [0.15, 0.2) is 48.5 Å². The standard InChI is InChI=1S/C18H14Cl2N2O/c1-2-21-18(23)13-10-17(11-7-8-14(19)15(20)9-11)22-16-6-4-3-5-12(13)16/h3-10H,2H2,1H3,(H,21,23). The van der Waals surface area contributed by atoms with Gasteiger partial charge >= 0.3 is 0 Å². The van der Waals surface area contributed by atoms with Crippen LogP contribution in [0.25, 0.3) is 22.2 Å². The Labute approximate surface area is 144 Å². The molecule has 0 radical (unpaired) electrons. The molecule has 1 heterocycles. The molecule has 23 heavy (non-hydrogen) atoms. The highest BCUT2D eigenvalue weighted by molar-refractivity contribution is 6.42. The van der Waals surface area contributed by atoms with Crippen molar-refractivity contribution in [3.05, 3.63) is 64.1 Å². The molecular weight excluding hydrogens is 331 g/mol. The van der Waals surface area contributed by atoms with Gasteiger partial charge in [-0.25, -0.2) is 4.98 Å². The summed E-state index contributed by atoms with van der Waals surface area (Å²) in [6.45, 7) is 2.46. The summed E-state index contributed by atoms with van der Waals surface area (Å²) >= 11 is 12.1. The molecule has 1 N–H and O–H groups in total. The molecule has 0 atom stereocenters. The molecule has 3 rings (SSSR count). The van der Waals surface area contributed by atoms with Crippen molar-refractivity contribution in [2.24, 2.45) is 0 Å². The molecule has 0 aliphatic rings. The predicted octanol–water partition coefficient (Wildman–Crippen LogP) is 4.96. The number of rotatable bonds is 3. The van der Waals surface area contributed by atoms with Crippen LogP contribution in [0.2, 0.25) is 10.0 Å². The van der Waals surface area contributed by atoms with Gasteiger partial charge in [0.2, 0.25) is 0 Å². The van der Waals surface area contributed by atoms with E-state index in [1.54, 1.807) is 18.2 Å². The van der Waals surface area contributed by atoms with Crippen LogP contribution in [0.1, 0.15) is 17.3 Å². The Hall–Kier alpha value is -2.10. The number of amides is 1. The summed E-state index contributed by atoms with van der Waals surface area (Å²) in [4.78, 5) is 17.0. The van der Waals surface area contributed by atoms with Gasteiger partial charge in [0.05, 0.1) is 26.8 Å². The molecule has 0 aliphatic heterocycles. The molecule has 0 fully saturated rings. The lowest BCUT2D eigenvalue weighted by Gasteiger charge is -2.10. The van der Waals surface area contributed by atoms with Crippen LogP contribution in [0, 0.1) is 0 Å². The zero-order valence-corrected chi connectivity index (χ0v) is 13.9. The Bertz CT molecular complexity index is 893. The van der Waals surface area contributed by atoms with E-state index in [4.69, 9.17) is 23.2 Å². The third kappa shape index (κ3) is 3.16. The topological polar surface area (TPSA) is 42.0 Å². The highest BCUT2D eigenvalue weighted by Crippen LogP contribution is 2.30. The lowest BCUT2D eigenvalue weighted by atomic mass is 10.0. The Morgan fingerprint density at radius 2 is 1.87 bits per heavy atom. The number of pyridine rings is 1. The number of aromatic nitrogens is 1. The van der Waals surface area contributed by atoms with Crippen molar-refractivity contribution in [2.45, 2.75) is 6.92 Å². The predicted molar refractivity (Wildman–Crippen MR) is 95.2 cm³/mol. The van der Waals surface area contributed by atoms with Gasteiger partial charge < -0.3 is 5.32 Å². The summed E-state index contributed by atoms with van der Waals surface area (Å²) in [5.74, 6) is -0.118. The molecule has 3 nitrogen and oxygen atoms in total. The van der Waals surface area contributed by atoms with Crippen LogP contribution in [0.5, 0.6) is 0 Å². The summed E-state index contributed by atoms with van der Waals surface area (Å²) in [6, 6.07) is 14.7. The number of fused-ring (bicyclic) bond motifs is 1. The number of carbonyl (C=O) groups excluding carboxylic acids is 1. The SMILES string of the molecule is CCNC(=O)c1cc(-c2ccc(Cl)c(Cl)c2)nc2ccccc12. The van der Waals surface area contributed by atoms with E-state index in [1.807, 2.05) is 37.3 Å². The average Bonchev–Trinajstić information content (AvgIpc) is 2.56. The molecule has 0 saturated carbocycles. The minimum atomic E-state index is -0.118. The van der Waals surface area contributed by atoms with Crippen molar-refractivity contribution < 1.29 is 4.79 Å². The molecule has 1 aromatic heterocycles. The highest BCUT2D eigenvalue weighted by Gasteiger charge is 2.13. The second kappa shape index (κ2) is 6.57. The summed E-state index contributed by atoms with van der Waals surface area (Å²) in [7, 11) is 0. The van der Waals surface area contributed by atoms with E-state index in [0.717, 1.165) is 16.5 Å². The van der Waals surface area contributed by atoms with Gasteiger partial charge in [-0.1, -0.05) is 47.5 Å². The Morgan fingerprint density at radius 1 is 1.09 bits per heavy atom. The van der Waals surface area contributed by atoms with Crippen molar-refractivity contribution in [1.29, 1.82) is 0 Å². The van der Waals surface area contributed by atoms with Crippen LogP contribution < -0.4 is 5.32 Å². The van der Waals surface area contributed by atoms with Gasteiger partial charge in [-0.05, 0) is 31.2 Å². The zero-order valence-electron chi connectivity index (χ0n) is 12.4. The maximum absolute atomic E-state index is 12.4. The Balaban J connectivity index is 2.21. The van der Waals surface area contributed by atoms with Gasteiger partial charge in [0.1, 0.15) is 0 Å². The molecule has 0 saturated heterocycles. The molecule has 0 bridgehead atoms. The van der Waals surface area contributed by atoms with Gasteiger partial charge in [-0.15, -0.1) is 0 Å². The molecule has 0 unspecified atom stereocenters. The first-order valence-electron chi connectivity index (χ1n) is 7.23. The fourth-order valence-corrected chi connectivity index (χ4v) is 2.72. The molecule has 2 aromatic carbocycles. The van der Waals surface area contributed by atoms with E-state index in [0.29, 0.717) is 27.8 Å². The van der Waals surface area contributed by atoms with Crippen LogP contribution in [0.3, 0.4) is 0 Å². The summed E-state index contributed by atoms with van der Waals surface area (Å²) < 4.78 is 0. The lowest BCUT2D eigenvalue weighted by Crippen LogP contribution is -2.23. The molecule has 0 spiro atoms. The molecule has 1 amide bonds. The number of halogens is 2. The minimum absolute atomic E-state index is 0.118. The van der Waals surface area contributed by atoms with Crippen LogP contribution in [-0.4, -0.2) is 17.4 Å². The van der Waals surface area contributed by atoms with E-state index in [1.165, 1.54) is 0 Å². The van der Waals surface area contributed by atoms with Crippen molar-refractivity contribution in [3.63, 3.8) is 0 Å². The van der Waals surface area contributed by atoms with Crippen LogP contribution >= 0.6 is 23.2 Å². The molecular formula is C18H14Cl2N2O. The number of para-hydroxylation sites is 1. The Kier molecular flexibility index (Phi) is 4.51. The first-order chi connectivity index (χ1) is 11.1. The van der Waals surface area contributed by atoms with Gasteiger partial charge in [0, 0.05) is 17.5 Å². The second-order valence-corrected chi connectivity index (χ2v) is 5.87. The minimum Gasteiger partial charge on any atom is -0.352 e. The van der Waals surface area contributed by atoms with Gasteiger partial charge in [-0.3, -0.25) is 4.79 Å². The summed E-state index contributed by atoms with van der Waals surface area (Å²) in [5.41, 5.74) is 2.86. The molecule has 0 aliphatic carbocycles. The fourth-order valence-electron chi connectivity index (χ4n) is 2.42. The maximum atomic E-state index is 12.4. The van der Waals surface area contributed by atoms with Gasteiger partial charge in [-0.2, -0.15) is 0 Å². The number of hydrogen-bond donors (Lipinski definition) is 1. The van der Waals surface area contributed by atoms with E-state index >= 15 is 0 Å². The fraction of sp³-hybridized carbons (Fsp3) is 0.111. The molecule has 116 valence electrons. The van der Waals surface area contributed by atoms with Crippen molar-refractivity contribution in [1.82, 2.24) is 10.3 Å². The maximum Gasteiger partial charge on any atom is 0.252 e. The smallest absolute Gasteiger partial charge is 0.252 e. The van der Waals surface area contributed by atoms with E-state index in [2.05, 4.69) is 10.3 Å². The van der Waals surface area contributed by atoms with Gasteiger partial charge in [0.25, 0.3) is 5.91 Å². The Morgan fingerprint density at radius 3 is 2.61 bits per heavy atom. The lowest BCUT2D eigenvalue weighted by molar-refractivity contribution is 0.0957. The number of nitrogens with one attached hydrogen (secondary N) is 1. The van der Waals surface area contributed by atoms with E-state index in [9.17, 15) is 4.79 Å². The van der Waals surface area contributed by atoms with Gasteiger partial charge in [0.15, 0.2) is 0 Å². The number of benzene rings is 2. The number of nitrogens with zero attached hydrogens (tertiary/aromatic N) is 1. The zero-order chi connectivity index (χ0) is 16.4. The summed E-state index contributed by atoms with van der Waals surface area (Å²) in [6.07, 6.45) is 0. The first-order valence-corrected chi connectivity index (χ1v) is 7.99. The van der Waals surface area contributed by atoms with Crippen molar-refractivity contribution in [2.75, 3.05) is 6.54 Å². The molecule has 5 heteroatoms. The first kappa shape index (κ1) is 15.8. The van der Waals surface area contributed by atoms with Crippen molar-refractivity contribution in [3.8, 4) is 11.3 Å². The van der Waals surface area contributed by atoms with E-state index in [-0.39, 0.29) is 5.91 Å². The normalized spacial score (nSPS) is 10.7. The third-order valence-corrected chi connectivity index (χ3v) is 4.25. The number of carbonyl (C=O) groups is 1. The summed E-state index contributed by atoms with van der Waals surface area (Å²) in [5, 5.41) is 4.60. The quantitative estimate of drug-likeness (QED) is 0.729. The molecule has 3 aromatic rings. The van der Waals surface area contributed by atoms with E-state index < -0.39 is 0 Å². The number of hydrogen-bond acceptors (Lipinski definition) is 2. The third-order valence-electron chi connectivity index (χ3n) is 3.51. The van der Waals surface area contributed by atoms with Crippen LogP contribution in [0.4, 0.5) is 0 Å². The monoisotopic (exact) mass is 344 g/mol. The average molecular weight is 345 g/mol. The second-order valence-electron chi connectivity index (χ2n) is 5.06.